The SMILES string of the molecule is FC(F)(F)c1cnc(NC2CCCNC2)nc1. The summed E-state index contributed by atoms with van der Waals surface area (Å²) in [5.74, 6) is 0.242. The Labute approximate surface area is 96.7 Å². The zero-order chi connectivity index (χ0) is 12.3. The largest absolute Gasteiger partial charge is 0.419 e. The zero-order valence-corrected chi connectivity index (χ0v) is 9.09. The number of anilines is 1. The van der Waals surface area contributed by atoms with Crippen LogP contribution in [0.1, 0.15) is 18.4 Å². The second-order valence-electron chi connectivity index (χ2n) is 3.98. The molecule has 1 aromatic heterocycles. The average molecular weight is 246 g/mol. The molecule has 0 spiro atoms. The third-order valence-electron chi connectivity index (χ3n) is 2.61. The summed E-state index contributed by atoms with van der Waals surface area (Å²) in [5.41, 5.74) is -0.829. The van der Waals surface area contributed by atoms with Crippen LogP contribution < -0.4 is 10.6 Å². The molecular formula is C10H13F3N4. The predicted octanol–water partition coefficient (Wildman–Crippen LogP) is 1.66. The van der Waals surface area contributed by atoms with Gasteiger partial charge in [-0.1, -0.05) is 0 Å². The van der Waals surface area contributed by atoms with E-state index >= 15 is 0 Å². The molecule has 0 saturated carbocycles. The molecule has 1 saturated heterocycles. The second-order valence-corrected chi connectivity index (χ2v) is 3.98. The third-order valence-corrected chi connectivity index (χ3v) is 2.61. The highest BCUT2D eigenvalue weighted by molar-refractivity contribution is 5.27. The summed E-state index contributed by atoms with van der Waals surface area (Å²) in [4.78, 5) is 7.34. The van der Waals surface area contributed by atoms with Crippen LogP contribution in [-0.4, -0.2) is 29.1 Å². The van der Waals surface area contributed by atoms with Crippen molar-refractivity contribution in [3.63, 3.8) is 0 Å². The highest BCUT2D eigenvalue weighted by atomic mass is 19.4. The van der Waals surface area contributed by atoms with E-state index < -0.39 is 11.7 Å². The Morgan fingerprint density at radius 3 is 2.53 bits per heavy atom. The van der Waals surface area contributed by atoms with Gasteiger partial charge in [-0.3, -0.25) is 0 Å². The van der Waals surface area contributed by atoms with Crippen LogP contribution in [-0.2, 0) is 6.18 Å². The molecule has 1 aromatic rings. The van der Waals surface area contributed by atoms with E-state index in [2.05, 4.69) is 20.6 Å². The molecule has 2 N–H and O–H groups in total. The number of rotatable bonds is 2. The van der Waals surface area contributed by atoms with Gasteiger partial charge in [0.1, 0.15) is 0 Å². The molecule has 0 aliphatic carbocycles. The monoisotopic (exact) mass is 246 g/mol. The van der Waals surface area contributed by atoms with Gasteiger partial charge in [-0.25, -0.2) is 9.97 Å². The van der Waals surface area contributed by atoms with E-state index in [-0.39, 0.29) is 12.0 Å². The van der Waals surface area contributed by atoms with Gasteiger partial charge in [0.15, 0.2) is 0 Å². The molecule has 0 bridgehead atoms. The minimum absolute atomic E-state index is 0.181. The Morgan fingerprint density at radius 1 is 1.29 bits per heavy atom. The molecule has 2 heterocycles. The van der Waals surface area contributed by atoms with Crippen LogP contribution in [0.2, 0.25) is 0 Å². The Balaban J connectivity index is 1.98. The first-order valence-electron chi connectivity index (χ1n) is 5.42. The van der Waals surface area contributed by atoms with Crippen LogP contribution in [0.15, 0.2) is 12.4 Å². The van der Waals surface area contributed by atoms with Crippen LogP contribution >= 0.6 is 0 Å². The third kappa shape index (κ3) is 3.29. The van der Waals surface area contributed by atoms with Gasteiger partial charge in [0, 0.05) is 25.0 Å². The minimum Gasteiger partial charge on any atom is -0.350 e. The van der Waals surface area contributed by atoms with Crippen LogP contribution in [0.4, 0.5) is 19.1 Å². The molecule has 0 radical (unpaired) electrons. The van der Waals surface area contributed by atoms with E-state index in [0.29, 0.717) is 0 Å². The first-order chi connectivity index (χ1) is 8.05. The number of nitrogens with one attached hydrogen (secondary N) is 2. The molecule has 1 aliphatic heterocycles. The van der Waals surface area contributed by atoms with E-state index in [9.17, 15) is 13.2 Å². The van der Waals surface area contributed by atoms with Gasteiger partial charge in [0.05, 0.1) is 5.56 Å². The van der Waals surface area contributed by atoms with Crippen molar-refractivity contribution in [3.8, 4) is 0 Å². The van der Waals surface area contributed by atoms with Gasteiger partial charge in [-0.2, -0.15) is 13.2 Å². The summed E-state index contributed by atoms with van der Waals surface area (Å²) in [5, 5.41) is 6.20. The minimum atomic E-state index is -4.38. The topological polar surface area (TPSA) is 49.8 Å². The molecule has 7 heteroatoms. The van der Waals surface area contributed by atoms with Crippen LogP contribution in [0.5, 0.6) is 0 Å². The van der Waals surface area contributed by atoms with Crippen LogP contribution in [0.3, 0.4) is 0 Å². The highest BCUT2D eigenvalue weighted by Crippen LogP contribution is 2.28. The lowest BCUT2D eigenvalue weighted by Gasteiger charge is -2.23. The smallest absolute Gasteiger partial charge is 0.350 e. The number of nitrogens with zero attached hydrogens (tertiary/aromatic N) is 2. The van der Waals surface area contributed by atoms with E-state index in [0.717, 1.165) is 38.3 Å². The summed E-state index contributed by atoms with van der Waals surface area (Å²) < 4.78 is 36.8. The summed E-state index contributed by atoms with van der Waals surface area (Å²) in [7, 11) is 0. The predicted molar refractivity (Wildman–Crippen MR) is 56.5 cm³/mol. The Kier molecular flexibility index (Phi) is 3.46. The number of piperidine rings is 1. The number of hydrogen-bond donors (Lipinski definition) is 2. The van der Waals surface area contributed by atoms with Crippen molar-refractivity contribution in [2.75, 3.05) is 18.4 Å². The molecule has 0 aromatic carbocycles. The lowest BCUT2D eigenvalue weighted by Crippen LogP contribution is -2.38. The standard InChI is InChI=1S/C10H13F3N4/c11-10(12,13)7-4-15-9(16-5-7)17-8-2-1-3-14-6-8/h4-5,8,14H,1-3,6H2,(H,15,16,17). The number of alkyl halides is 3. The Bertz CT molecular complexity index is 357. The molecule has 1 atom stereocenters. The summed E-state index contributed by atoms with van der Waals surface area (Å²) in [6.07, 6.45) is -0.780. The first kappa shape index (κ1) is 12.1. The van der Waals surface area contributed by atoms with Gasteiger partial charge >= 0.3 is 6.18 Å². The van der Waals surface area contributed by atoms with E-state index in [1.807, 2.05) is 0 Å². The van der Waals surface area contributed by atoms with Gasteiger partial charge in [0.25, 0.3) is 0 Å². The van der Waals surface area contributed by atoms with Crippen molar-refractivity contribution in [1.82, 2.24) is 15.3 Å². The average Bonchev–Trinajstić information content (AvgIpc) is 2.30. The molecule has 17 heavy (non-hydrogen) atoms. The number of halogens is 3. The van der Waals surface area contributed by atoms with Gasteiger partial charge in [-0.05, 0) is 19.4 Å². The summed E-state index contributed by atoms with van der Waals surface area (Å²) in [6, 6.07) is 0.181. The van der Waals surface area contributed by atoms with Gasteiger partial charge in [0.2, 0.25) is 5.95 Å². The van der Waals surface area contributed by atoms with E-state index in [4.69, 9.17) is 0 Å². The van der Waals surface area contributed by atoms with Gasteiger partial charge < -0.3 is 10.6 Å². The molecule has 94 valence electrons. The van der Waals surface area contributed by atoms with Crippen molar-refractivity contribution in [2.24, 2.45) is 0 Å². The summed E-state index contributed by atoms with van der Waals surface area (Å²) in [6.45, 7) is 1.76. The summed E-state index contributed by atoms with van der Waals surface area (Å²) >= 11 is 0. The second kappa shape index (κ2) is 4.87. The molecule has 2 rings (SSSR count). The number of hydrogen-bond acceptors (Lipinski definition) is 4. The first-order valence-corrected chi connectivity index (χ1v) is 5.42. The fraction of sp³-hybridized carbons (Fsp3) is 0.600. The zero-order valence-electron chi connectivity index (χ0n) is 9.09. The van der Waals surface area contributed by atoms with Crippen molar-refractivity contribution in [3.05, 3.63) is 18.0 Å². The molecule has 0 amide bonds. The van der Waals surface area contributed by atoms with Crippen molar-refractivity contribution in [2.45, 2.75) is 25.1 Å². The Hall–Kier alpha value is -1.37. The quantitative estimate of drug-likeness (QED) is 0.833. The maximum Gasteiger partial charge on any atom is 0.419 e. The Morgan fingerprint density at radius 2 is 2.00 bits per heavy atom. The maximum atomic E-state index is 12.3. The van der Waals surface area contributed by atoms with E-state index in [1.165, 1.54) is 0 Å². The van der Waals surface area contributed by atoms with Crippen LogP contribution in [0, 0.1) is 0 Å². The van der Waals surface area contributed by atoms with E-state index in [1.54, 1.807) is 0 Å². The number of aromatic nitrogens is 2. The lowest BCUT2D eigenvalue weighted by atomic mass is 10.1. The van der Waals surface area contributed by atoms with Crippen LogP contribution in [0.25, 0.3) is 0 Å². The van der Waals surface area contributed by atoms with Crippen molar-refractivity contribution < 1.29 is 13.2 Å². The maximum absolute atomic E-state index is 12.3. The lowest BCUT2D eigenvalue weighted by molar-refractivity contribution is -0.138. The van der Waals surface area contributed by atoms with Crippen molar-refractivity contribution >= 4 is 5.95 Å². The molecule has 1 unspecified atom stereocenters. The molecular weight excluding hydrogens is 233 g/mol. The molecule has 1 fully saturated rings. The van der Waals surface area contributed by atoms with Crippen molar-refractivity contribution in [1.29, 1.82) is 0 Å². The highest BCUT2D eigenvalue weighted by Gasteiger charge is 2.31. The fourth-order valence-corrected chi connectivity index (χ4v) is 1.71. The van der Waals surface area contributed by atoms with Gasteiger partial charge in [-0.15, -0.1) is 0 Å². The normalized spacial score (nSPS) is 21.2. The molecule has 1 aliphatic rings. The molecule has 4 nitrogen and oxygen atoms in total. The fourth-order valence-electron chi connectivity index (χ4n) is 1.71.